The molecular weight excluding hydrogens is 188 g/mol. The van der Waals surface area contributed by atoms with E-state index in [2.05, 4.69) is 27.0 Å². The highest BCUT2D eigenvalue weighted by atomic mass is 15.3. The molecule has 15 heavy (non-hydrogen) atoms. The van der Waals surface area contributed by atoms with Crippen LogP contribution in [-0.2, 0) is 0 Å². The maximum Gasteiger partial charge on any atom is 0.150 e. The summed E-state index contributed by atoms with van der Waals surface area (Å²) in [4.78, 5) is 0. The van der Waals surface area contributed by atoms with Gasteiger partial charge in [-0.1, -0.05) is 6.42 Å². The van der Waals surface area contributed by atoms with E-state index in [1.807, 2.05) is 0 Å². The van der Waals surface area contributed by atoms with Gasteiger partial charge in [0.25, 0.3) is 0 Å². The zero-order valence-corrected chi connectivity index (χ0v) is 9.24. The third-order valence-corrected chi connectivity index (χ3v) is 3.43. The van der Waals surface area contributed by atoms with Crippen LogP contribution in [0.5, 0.6) is 0 Å². The molecule has 0 bridgehead atoms. The monoisotopic (exact) mass is 206 g/mol. The van der Waals surface area contributed by atoms with E-state index >= 15 is 0 Å². The van der Waals surface area contributed by atoms with Gasteiger partial charge in [-0.05, 0) is 39.2 Å². The number of hydrogen-bond donors (Lipinski definition) is 1. The third-order valence-electron chi connectivity index (χ3n) is 3.43. The standard InChI is InChI=1S/C11H18N4/c1-8-13-14-11(15(8)9-5-6-9)10-4-2-3-7-12-10/h9-10,12H,2-7H2,1H3. The van der Waals surface area contributed by atoms with Crippen molar-refractivity contribution in [2.24, 2.45) is 0 Å². The molecule has 2 fully saturated rings. The summed E-state index contributed by atoms with van der Waals surface area (Å²) in [6.07, 6.45) is 6.43. The van der Waals surface area contributed by atoms with Crippen molar-refractivity contribution in [3.8, 4) is 0 Å². The summed E-state index contributed by atoms with van der Waals surface area (Å²) in [6.45, 7) is 3.19. The Morgan fingerprint density at radius 3 is 2.73 bits per heavy atom. The van der Waals surface area contributed by atoms with Gasteiger partial charge >= 0.3 is 0 Å². The van der Waals surface area contributed by atoms with Gasteiger partial charge in [0.1, 0.15) is 11.6 Å². The van der Waals surface area contributed by atoms with Crippen molar-refractivity contribution in [1.82, 2.24) is 20.1 Å². The van der Waals surface area contributed by atoms with Gasteiger partial charge < -0.3 is 9.88 Å². The Balaban J connectivity index is 1.89. The largest absolute Gasteiger partial charge is 0.311 e. The Bertz CT molecular complexity index is 347. The molecule has 1 saturated carbocycles. The molecule has 4 nitrogen and oxygen atoms in total. The van der Waals surface area contributed by atoms with Gasteiger partial charge in [0.2, 0.25) is 0 Å². The van der Waals surface area contributed by atoms with E-state index in [4.69, 9.17) is 0 Å². The Kier molecular flexibility index (Phi) is 2.24. The third kappa shape index (κ3) is 1.67. The van der Waals surface area contributed by atoms with Crippen LogP contribution in [0.1, 0.15) is 55.8 Å². The van der Waals surface area contributed by atoms with Gasteiger partial charge in [0.05, 0.1) is 6.04 Å². The van der Waals surface area contributed by atoms with E-state index in [9.17, 15) is 0 Å². The maximum absolute atomic E-state index is 4.35. The number of hydrogen-bond acceptors (Lipinski definition) is 3. The smallest absolute Gasteiger partial charge is 0.150 e. The molecule has 1 aromatic rings. The minimum absolute atomic E-state index is 0.445. The first-order valence-corrected chi connectivity index (χ1v) is 6.01. The minimum atomic E-state index is 0.445. The Morgan fingerprint density at radius 1 is 1.20 bits per heavy atom. The molecule has 1 aromatic heterocycles. The van der Waals surface area contributed by atoms with Gasteiger partial charge in [-0.2, -0.15) is 0 Å². The summed E-state index contributed by atoms with van der Waals surface area (Å²) >= 11 is 0. The van der Waals surface area contributed by atoms with Crippen LogP contribution in [0.2, 0.25) is 0 Å². The zero-order valence-electron chi connectivity index (χ0n) is 9.24. The molecule has 0 radical (unpaired) electrons. The van der Waals surface area contributed by atoms with Gasteiger partial charge in [-0.15, -0.1) is 10.2 Å². The second kappa shape index (κ2) is 3.59. The van der Waals surface area contributed by atoms with Crippen molar-refractivity contribution in [3.63, 3.8) is 0 Å². The van der Waals surface area contributed by atoms with Crippen LogP contribution in [0.4, 0.5) is 0 Å². The summed E-state index contributed by atoms with van der Waals surface area (Å²) < 4.78 is 2.35. The highest BCUT2D eigenvalue weighted by Crippen LogP contribution is 2.38. The van der Waals surface area contributed by atoms with Gasteiger partial charge in [0.15, 0.2) is 0 Å². The summed E-state index contributed by atoms with van der Waals surface area (Å²) in [6, 6.07) is 1.14. The lowest BCUT2D eigenvalue weighted by molar-refractivity contribution is 0.384. The molecule has 2 aliphatic rings. The number of nitrogens with zero attached hydrogens (tertiary/aromatic N) is 3. The molecule has 3 rings (SSSR count). The van der Waals surface area contributed by atoms with E-state index in [0.717, 1.165) is 12.4 Å². The highest BCUT2D eigenvalue weighted by molar-refractivity contribution is 5.06. The fourth-order valence-electron chi connectivity index (χ4n) is 2.48. The van der Waals surface area contributed by atoms with Crippen molar-refractivity contribution >= 4 is 0 Å². The van der Waals surface area contributed by atoms with Gasteiger partial charge in [-0.25, -0.2) is 0 Å². The summed E-state index contributed by atoms with van der Waals surface area (Å²) in [5.41, 5.74) is 0. The van der Waals surface area contributed by atoms with Crippen LogP contribution in [0.25, 0.3) is 0 Å². The molecule has 0 spiro atoms. The topological polar surface area (TPSA) is 42.7 Å². The number of aryl methyl sites for hydroxylation is 1. The summed E-state index contributed by atoms with van der Waals surface area (Å²) in [7, 11) is 0. The van der Waals surface area contributed by atoms with Crippen molar-refractivity contribution < 1.29 is 0 Å². The Labute approximate surface area is 90.1 Å². The average Bonchev–Trinajstić information content (AvgIpc) is 3.03. The van der Waals surface area contributed by atoms with Crippen LogP contribution < -0.4 is 5.32 Å². The predicted octanol–water partition coefficient (Wildman–Crippen LogP) is 1.74. The fraction of sp³-hybridized carbons (Fsp3) is 0.818. The average molecular weight is 206 g/mol. The molecule has 1 atom stereocenters. The SMILES string of the molecule is Cc1nnc(C2CCCCN2)n1C1CC1. The summed E-state index contributed by atoms with van der Waals surface area (Å²) in [5.74, 6) is 2.26. The van der Waals surface area contributed by atoms with Crippen LogP contribution in [0.15, 0.2) is 0 Å². The van der Waals surface area contributed by atoms with E-state index in [0.29, 0.717) is 12.1 Å². The lowest BCUT2D eigenvalue weighted by atomic mass is 10.0. The Hall–Kier alpha value is -0.900. The lowest BCUT2D eigenvalue weighted by Gasteiger charge is -2.23. The van der Waals surface area contributed by atoms with Crippen molar-refractivity contribution in [3.05, 3.63) is 11.6 Å². The van der Waals surface area contributed by atoms with Crippen molar-refractivity contribution in [2.75, 3.05) is 6.54 Å². The molecule has 0 amide bonds. The molecule has 1 aliphatic carbocycles. The van der Waals surface area contributed by atoms with E-state index in [-0.39, 0.29) is 0 Å². The number of aromatic nitrogens is 3. The second-order valence-electron chi connectivity index (χ2n) is 4.71. The van der Waals surface area contributed by atoms with Crippen molar-refractivity contribution in [2.45, 2.75) is 51.1 Å². The molecule has 4 heteroatoms. The van der Waals surface area contributed by atoms with Gasteiger partial charge in [0, 0.05) is 6.04 Å². The summed E-state index contributed by atoms with van der Waals surface area (Å²) in [5, 5.41) is 12.1. The molecular formula is C11H18N4. The van der Waals surface area contributed by atoms with Crippen LogP contribution >= 0.6 is 0 Å². The molecule has 2 heterocycles. The van der Waals surface area contributed by atoms with Crippen LogP contribution in [-0.4, -0.2) is 21.3 Å². The quantitative estimate of drug-likeness (QED) is 0.801. The molecule has 1 saturated heterocycles. The first-order valence-electron chi connectivity index (χ1n) is 6.01. The Morgan fingerprint density at radius 2 is 2.07 bits per heavy atom. The van der Waals surface area contributed by atoms with Crippen LogP contribution in [0, 0.1) is 6.92 Å². The fourth-order valence-corrected chi connectivity index (χ4v) is 2.48. The zero-order chi connectivity index (χ0) is 10.3. The van der Waals surface area contributed by atoms with E-state index in [1.165, 1.54) is 37.9 Å². The van der Waals surface area contributed by atoms with Crippen molar-refractivity contribution in [1.29, 1.82) is 0 Å². The highest BCUT2D eigenvalue weighted by Gasteiger charge is 2.31. The molecule has 82 valence electrons. The molecule has 1 N–H and O–H groups in total. The minimum Gasteiger partial charge on any atom is -0.311 e. The lowest BCUT2D eigenvalue weighted by Crippen LogP contribution is -2.29. The second-order valence-corrected chi connectivity index (χ2v) is 4.71. The molecule has 1 aliphatic heterocycles. The molecule has 1 unspecified atom stereocenters. The number of rotatable bonds is 2. The first-order chi connectivity index (χ1) is 7.36. The number of nitrogens with one attached hydrogen (secondary N) is 1. The van der Waals surface area contributed by atoms with E-state index < -0.39 is 0 Å². The van der Waals surface area contributed by atoms with Crippen LogP contribution in [0.3, 0.4) is 0 Å². The molecule has 0 aromatic carbocycles. The van der Waals surface area contributed by atoms with Gasteiger partial charge in [-0.3, -0.25) is 0 Å². The maximum atomic E-state index is 4.35. The first kappa shape index (κ1) is 9.33. The van der Waals surface area contributed by atoms with E-state index in [1.54, 1.807) is 0 Å². The normalized spacial score (nSPS) is 26.9. The number of piperidine rings is 1. The predicted molar refractivity (Wildman–Crippen MR) is 57.6 cm³/mol.